The molecule has 4 amide bonds. The molecule has 4 rings (SSSR count). The third-order valence-corrected chi connectivity index (χ3v) is 6.54. The van der Waals surface area contributed by atoms with Gasteiger partial charge in [-0.3, -0.25) is 14.9 Å². The Hall–Kier alpha value is -3.64. The van der Waals surface area contributed by atoms with Gasteiger partial charge in [-0.15, -0.1) is 0 Å². The van der Waals surface area contributed by atoms with E-state index in [1.165, 1.54) is 0 Å². The molecule has 7 heteroatoms. The molecule has 2 aromatic carbocycles. The lowest BCUT2D eigenvalue weighted by Crippen LogP contribution is -2.54. The third-order valence-electron chi connectivity index (χ3n) is 6.29. The Morgan fingerprint density at radius 3 is 2.21 bits per heavy atom. The summed E-state index contributed by atoms with van der Waals surface area (Å²) in [7, 11) is 0. The summed E-state index contributed by atoms with van der Waals surface area (Å²) < 4.78 is 2.02. The molecule has 0 saturated carbocycles. The van der Waals surface area contributed by atoms with E-state index in [2.05, 4.69) is 19.2 Å². The highest BCUT2D eigenvalue weighted by Gasteiger charge is 2.37. The van der Waals surface area contributed by atoms with Crippen LogP contribution in [0.5, 0.6) is 0 Å². The second-order valence-electron chi connectivity index (χ2n) is 8.50. The maximum Gasteiger partial charge on any atom is 0.335 e. The number of anilines is 1. The molecule has 0 aliphatic carbocycles. The molecule has 1 aromatic heterocycles. The van der Waals surface area contributed by atoms with Crippen LogP contribution in [0, 0.1) is 13.8 Å². The van der Waals surface area contributed by atoms with Crippen molar-refractivity contribution in [2.75, 3.05) is 4.90 Å². The zero-order valence-electron chi connectivity index (χ0n) is 19.6. The monoisotopic (exact) mass is 475 g/mol. The standard InChI is InChI=1S/C27H26ClN3O3/c1-5-16(2)19-6-10-23(11-7-19)31-26(33)24(25(32)29-27(31)34)15-20-14-17(3)30(18(20)4)22-12-8-21(28)9-13-22/h6-16H,5H2,1-4H3,(H,29,32,34)/b24-15-/t16-/m0/s1. The van der Waals surface area contributed by atoms with Gasteiger partial charge in [-0.2, -0.15) is 0 Å². The number of aromatic nitrogens is 1. The predicted molar refractivity (Wildman–Crippen MR) is 134 cm³/mol. The lowest BCUT2D eigenvalue weighted by atomic mass is 9.98. The average molecular weight is 476 g/mol. The van der Waals surface area contributed by atoms with Crippen molar-refractivity contribution in [1.82, 2.24) is 9.88 Å². The van der Waals surface area contributed by atoms with Crippen LogP contribution in [-0.4, -0.2) is 22.4 Å². The van der Waals surface area contributed by atoms with Gasteiger partial charge in [0.25, 0.3) is 11.8 Å². The maximum atomic E-state index is 13.3. The number of urea groups is 1. The van der Waals surface area contributed by atoms with Crippen molar-refractivity contribution in [3.63, 3.8) is 0 Å². The van der Waals surface area contributed by atoms with Gasteiger partial charge in [0.05, 0.1) is 5.69 Å². The molecule has 0 unspecified atom stereocenters. The van der Waals surface area contributed by atoms with Crippen LogP contribution in [0.4, 0.5) is 10.5 Å². The zero-order chi connectivity index (χ0) is 24.6. The number of nitrogens with one attached hydrogen (secondary N) is 1. The van der Waals surface area contributed by atoms with Crippen molar-refractivity contribution in [1.29, 1.82) is 0 Å². The van der Waals surface area contributed by atoms with Crippen LogP contribution in [0.1, 0.15) is 48.7 Å². The first-order chi connectivity index (χ1) is 16.2. The Morgan fingerprint density at radius 1 is 0.971 bits per heavy atom. The summed E-state index contributed by atoms with van der Waals surface area (Å²) in [5, 5.41) is 2.93. The van der Waals surface area contributed by atoms with E-state index in [-0.39, 0.29) is 5.57 Å². The summed E-state index contributed by atoms with van der Waals surface area (Å²) in [4.78, 5) is 39.5. The minimum absolute atomic E-state index is 0.0954. The highest BCUT2D eigenvalue weighted by atomic mass is 35.5. The zero-order valence-corrected chi connectivity index (χ0v) is 20.3. The number of hydrogen-bond acceptors (Lipinski definition) is 3. The molecule has 1 saturated heterocycles. The minimum Gasteiger partial charge on any atom is -0.318 e. The van der Waals surface area contributed by atoms with Gasteiger partial charge in [-0.25, -0.2) is 9.69 Å². The number of nitrogens with zero attached hydrogens (tertiary/aromatic N) is 2. The molecule has 0 radical (unpaired) electrons. The van der Waals surface area contributed by atoms with E-state index < -0.39 is 17.8 Å². The predicted octanol–water partition coefficient (Wildman–Crippen LogP) is 5.93. The minimum atomic E-state index is -0.755. The molecule has 174 valence electrons. The molecule has 1 fully saturated rings. The Labute approximate surface area is 203 Å². The largest absolute Gasteiger partial charge is 0.335 e. The van der Waals surface area contributed by atoms with Crippen LogP contribution in [0.2, 0.25) is 5.02 Å². The number of hydrogen-bond donors (Lipinski definition) is 1. The number of carbonyl (C=O) groups excluding carboxylic acids is 3. The van der Waals surface area contributed by atoms with Crippen LogP contribution < -0.4 is 10.2 Å². The summed E-state index contributed by atoms with van der Waals surface area (Å²) >= 11 is 6.02. The van der Waals surface area contributed by atoms with E-state index in [1.54, 1.807) is 18.2 Å². The Kier molecular flexibility index (Phi) is 6.44. The molecule has 6 nitrogen and oxygen atoms in total. The number of carbonyl (C=O) groups is 3. The summed E-state index contributed by atoms with van der Waals surface area (Å²) in [5.41, 5.74) is 4.87. The fourth-order valence-electron chi connectivity index (χ4n) is 4.16. The fraction of sp³-hybridized carbons (Fsp3) is 0.222. The Balaban J connectivity index is 1.70. The first kappa shape index (κ1) is 23.5. The highest BCUT2D eigenvalue weighted by molar-refractivity contribution is 6.39. The highest BCUT2D eigenvalue weighted by Crippen LogP contribution is 2.28. The van der Waals surface area contributed by atoms with E-state index in [0.29, 0.717) is 22.2 Å². The lowest BCUT2D eigenvalue weighted by Gasteiger charge is -2.26. The van der Waals surface area contributed by atoms with E-state index in [0.717, 1.165) is 34.0 Å². The van der Waals surface area contributed by atoms with Crippen LogP contribution in [0.25, 0.3) is 11.8 Å². The van der Waals surface area contributed by atoms with Gasteiger partial charge in [0, 0.05) is 22.1 Å². The molecule has 1 atom stereocenters. The number of barbiturate groups is 1. The molecule has 3 aromatic rings. The van der Waals surface area contributed by atoms with Crippen molar-refractivity contribution < 1.29 is 14.4 Å². The fourth-order valence-corrected chi connectivity index (χ4v) is 4.28. The molecule has 2 heterocycles. The first-order valence-corrected chi connectivity index (χ1v) is 11.5. The summed E-state index contributed by atoms with van der Waals surface area (Å²) in [5.74, 6) is -0.993. The maximum absolute atomic E-state index is 13.3. The summed E-state index contributed by atoms with van der Waals surface area (Å²) in [6.07, 6.45) is 2.53. The van der Waals surface area contributed by atoms with Gasteiger partial charge in [0.15, 0.2) is 0 Å². The molecular formula is C27H26ClN3O3. The van der Waals surface area contributed by atoms with Crippen molar-refractivity contribution in [3.05, 3.63) is 87.7 Å². The molecule has 34 heavy (non-hydrogen) atoms. The second kappa shape index (κ2) is 9.31. The molecule has 0 bridgehead atoms. The van der Waals surface area contributed by atoms with E-state index >= 15 is 0 Å². The Bertz CT molecular complexity index is 1300. The number of halogens is 1. The van der Waals surface area contributed by atoms with Crippen LogP contribution >= 0.6 is 11.6 Å². The number of aryl methyl sites for hydroxylation is 1. The molecule has 1 N–H and O–H groups in total. The van der Waals surface area contributed by atoms with Crippen LogP contribution in [-0.2, 0) is 9.59 Å². The van der Waals surface area contributed by atoms with Crippen molar-refractivity contribution >= 4 is 41.2 Å². The number of imide groups is 2. The van der Waals surface area contributed by atoms with Crippen LogP contribution in [0.15, 0.2) is 60.2 Å². The van der Waals surface area contributed by atoms with Crippen molar-refractivity contribution in [2.45, 2.75) is 40.0 Å². The topological polar surface area (TPSA) is 71.4 Å². The van der Waals surface area contributed by atoms with Gasteiger partial charge in [0.2, 0.25) is 0 Å². The van der Waals surface area contributed by atoms with Crippen molar-refractivity contribution in [3.8, 4) is 5.69 Å². The number of benzene rings is 2. The van der Waals surface area contributed by atoms with Crippen molar-refractivity contribution in [2.24, 2.45) is 0 Å². The van der Waals surface area contributed by atoms with Gasteiger partial charge >= 0.3 is 6.03 Å². The number of rotatable bonds is 5. The molecule has 1 aliphatic heterocycles. The third kappa shape index (κ3) is 4.29. The molecule has 0 spiro atoms. The van der Waals surface area contributed by atoms with Gasteiger partial charge in [0.1, 0.15) is 5.57 Å². The van der Waals surface area contributed by atoms with E-state index in [1.807, 2.05) is 60.9 Å². The SMILES string of the molecule is CC[C@H](C)c1ccc(N2C(=O)NC(=O)/C(=C/c3cc(C)n(-c4ccc(Cl)cc4)c3C)C2=O)cc1. The van der Waals surface area contributed by atoms with Gasteiger partial charge < -0.3 is 4.57 Å². The van der Waals surface area contributed by atoms with Crippen LogP contribution in [0.3, 0.4) is 0 Å². The van der Waals surface area contributed by atoms with Gasteiger partial charge in [-0.1, -0.05) is 37.6 Å². The quantitative estimate of drug-likeness (QED) is 0.367. The Morgan fingerprint density at radius 2 is 1.59 bits per heavy atom. The second-order valence-corrected chi connectivity index (χ2v) is 8.93. The summed E-state index contributed by atoms with van der Waals surface area (Å²) in [6, 6.07) is 15.9. The average Bonchev–Trinajstić information content (AvgIpc) is 3.09. The van der Waals surface area contributed by atoms with E-state index in [9.17, 15) is 14.4 Å². The smallest absolute Gasteiger partial charge is 0.318 e. The van der Waals surface area contributed by atoms with Gasteiger partial charge in [-0.05, 0) is 85.9 Å². The first-order valence-electron chi connectivity index (χ1n) is 11.2. The summed E-state index contributed by atoms with van der Waals surface area (Å²) in [6.45, 7) is 8.08. The van der Waals surface area contributed by atoms with E-state index in [4.69, 9.17) is 11.6 Å². The molecule has 1 aliphatic rings. The number of amides is 4. The lowest BCUT2D eigenvalue weighted by molar-refractivity contribution is -0.122. The molecular weight excluding hydrogens is 450 g/mol. The normalized spacial score (nSPS) is 16.2.